The van der Waals surface area contributed by atoms with E-state index < -0.39 is 17.9 Å². The van der Waals surface area contributed by atoms with Gasteiger partial charge in [-0.05, 0) is 0 Å². The van der Waals surface area contributed by atoms with E-state index in [0.717, 1.165) is 0 Å². The van der Waals surface area contributed by atoms with E-state index in [2.05, 4.69) is 52.8 Å². The summed E-state index contributed by atoms with van der Waals surface area (Å²) >= 11 is 10.2. The van der Waals surface area contributed by atoms with Crippen LogP contribution in [-0.2, 0) is 14.4 Å². The molecule has 0 fully saturated rings. The van der Waals surface area contributed by atoms with Gasteiger partial charge in [-0.25, -0.2) is 35.6 Å². The maximum atomic E-state index is 9.13. The third-order valence-corrected chi connectivity index (χ3v) is 0.500. The first kappa shape index (κ1) is 49.5. The Morgan fingerprint density at radius 2 is 0.609 bits per heavy atom. The molecule has 0 aromatic heterocycles. The number of carbonyl (C=O) groups excluding carboxylic acids is 3. The summed E-state index contributed by atoms with van der Waals surface area (Å²) in [5, 5.41) is 27.4. The summed E-state index contributed by atoms with van der Waals surface area (Å²) in [5.41, 5.74) is 13.5. The van der Waals surface area contributed by atoms with Crippen molar-refractivity contribution in [1.82, 2.24) is 0 Å². The van der Waals surface area contributed by atoms with E-state index in [0.29, 0.717) is 0 Å². The van der Waals surface area contributed by atoms with Crippen LogP contribution < -0.4 is 46.5 Å². The first-order chi connectivity index (χ1) is 9.81. The summed E-state index contributed by atoms with van der Waals surface area (Å²) in [7, 11) is 0. The Kier molecular flexibility index (Phi) is 145. The zero-order chi connectivity index (χ0) is 18.9. The van der Waals surface area contributed by atoms with Crippen molar-refractivity contribution >= 4 is 88.2 Å². The second kappa shape index (κ2) is 67.2. The second-order valence-electron chi connectivity index (χ2n) is 1.73. The molecule has 132 valence electrons. The van der Waals surface area contributed by atoms with Crippen LogP contribution in [0.1, 0.15) is 0 Å². The molecular weight excluding hydrogens is 418 g/mol. The molecule has 0 atom stereocenters. The van der Waals surface area contributed by atoms with E-state index >= 15 is 0 Å². The van der Waals surface area contributed by atoms with Crippen molar-refractivity contribution in [3.05, 3.63) is 0 Å². The van der Waals surface area contributed by atoms with E-state index in [-0.39, 0.29) is 54.4 Å². The fourth-order valence-electron chi connectivity index (χ4n) is 0. The van der Waals surface area contributed by atoms with Crippen molar-refractivity contribution < 1.29 is 43.7 Å². The predicted molar refractivity (Wildman–Crippen MR) is 71.3 cm³/mol. The molecule has 0 aliphatic carbocycles. The molecule has 0 aromatic rings. The SMILES string of the molecule is NCC(=O)[O-].NCC(=O)[O-].NCC(=O)[O-].[Al+3].[Al+3].[O-]Cl.[O-]Cl.[O-]Cl. The topological polar surface area (TPSA) is 268 Å². The molecule has 0 bridgehead atoms. The Bertz CT molecular complexity index is 188. The van der Waals surface area contributed by atoms with E-state index in [1.807, 2.05) is 0 Å². The van der Waals surface area contributed by atoms with E-state index in [1.165, 1.54) is 0 Å². The van der Waals surface area contributed by atoms with Crippen LogP contribution in [0.2, 0.25) is 0 Å². The van der Waals surface area contributed by atoms with E-state index in [1.54, 1.807) is 0 Å². The smallest absolute Gasteiger partial charge is 0.769 e. The standard InChI is InChI=1S/3C2H5NO2.2Al.3ClO/c3*3-1-2(4)5;;;3*1-2/h3*1,3H2,(H,4,5);;;;;/q;;;2*+3;3*-1/p-3. The molecular formula is C6H12Al2Cl3N3O9. The molecule has 17 heteroatoms. The van der Waals surface area contributed by atoms with Crippen LogP contribution in [0.4, 0.5) is 0 Å². The van der Waals surface area contributed by atoms with E-state index in [4.69, 9.17) is 43.7 Å². The number of rotatable bonds is 3. The molecule has 23 heavy (non-hydrogen) atoms. The minimum Gasteiger partial charge on any atom is -0.769 e. The van der Waals surface area contributed by atoms with Crippen LogP contribution in [0.3, 0.4) is 0 Å². The van der Waals surface area contributed by atoms with Crippen molar-refractivity contribution in [1.29, 1.82) is 0 Å². The quantitative estimate of drug-likeness (QED) is 0.352. The summed E-state index contributed by atoms with van der Waals surface area (Å²) < 4.78 is 23.2. The number of carbonyl (C=O) groups is 3. The third-order valence-electron chi connectivity index (χ3n) is 0.500. The Morgan fingerprint density at radius 3 is 0.609 bits per heavy atom. The summed E-state index contributed by atoms with van der Waals surface area (Å²) in [4.78, 5) is 27.4. The Balaban J connectivity index is -0.0000000202. The zero-order valence-corrected chi connectivity index (χ0v) is 15.9. The third kappa shape index (κ3) is 240. The predicted octanol–water partition coefficient (Wildman–Crippen LogP) is -9.18. The van der Waals surface area contributed by atoms with Crippen LogP contribution >= 0.6 is 35.6 Å². The van der Waals surface area contributed by atoms with Crippen LogP contribution in [0.5, 0.6) is 0 Å². The van der Waals surface area contributed by atoms with Crippen molar-refractivity contribution in [2.24, 2.45) is 17.2 Å². The first-order valence-corrected chi connectivity index (χ1v) is 4.90. The van der Waals surface area contributed by atoms with Gasteiger partial charge in [-0.2, -0.15) is 0 Å². The fourth-order valence-corrected chi connectivity index (χ4v) is 0. The minimum absolute atomic E-state index is 0. The Morgan fingerprint density at radius 1 is 0.565 bits per heavy atom. The molecule has 0 saturated heterocycles. The number of halogens is 3. The molecule has 0 spiro atoms. The van der Waals surface area contributed by atoms with Gasteiger partial charge in [0.25, 0.3) is 0 Å². The molecule has 0 rings (SSSR count). The van der Waals surface area contributed by atoms with Gasteiger partial charge in [0.15, 0.2) is 0 Å². The second-order valence-corrected chi connectivity index (χ2v) is 1.73. The molecule has 0 unspecified atom stereocenters. The molecule has 0 aliphatic rings. The molecule has 0 radical (unpaired) electrons. The molecule has 0 saturated carbocycles. The first-order valence-electron chi connectivity index (χ1n) is 3.97. The average Bonchev–Trinajstić information content (AvgIpc) is 2.54. The molecule has 0 heterocycles. The van der Waals surface area contributed by atoms with Gasteiger partial charge >= 0.3 is 34.7 Å². The normalized spacial score (nSPS) is 5.61. The average molecular weight is 430 g/mol. The van der Waals surface area contributed by atoms with Crippen molar-refractivity contribution in [3.63, 3.8) is 0 Å². The molecule has 6 N–H and O–H groups in total. The number of carboxylic acids is 3. The van der Waals surface area contributed by atoms with Crippen molar-refractivity contribution in [3.8, 4) is 0 Å². The monoisotopic (exact) mass is 429 g/mol. The maximum absolute atomic E-state index is 9.13. The minimum atomic E-state index is -1.22. The van der Waals surface area contributed by atoms with Crippen LogP contribution in [0, 0.1) is 0 Å². The summed E-state index contributed by atoms with van der Waals surface area (Å²) in [6, 6.07) is 0. The molecule has 0 aromatic carbocycles. The Labute approximate surface area is 168 Å². The van der Waals surface area contributed by atoms with Gasteiger partial charge < -0.3 is 60.9 Å². The summed E-state index contributed by atoms with van der Waals surface area (Å²) in [5.74, 6) is -3.65. The molecule has 0 amide bonds. The summed E-state index contributed by atoms with van der Waals surface area (Å²) in [6.07, 6.45) is 0. The number of hydrogen-bond donors (Lipinski definition) is 3. The molecule has 0 aliphatic heterocycles. The number of hydrogen-bond acceptors (Lipinski definition) is 12. The fraction of sp³-hybridized carbons (Fsp3) is 0.500. The van der Waals surface area contributed by atoms with Crippen LogP contribution in [0.15, 0.2) is 0 Å². The maximum Gasteiger partial charge on any atom is 3.00 e. The van der Waals surface area contributed by atoms with E-state index in [9.17, 15) is 0 Å². The van der Waals surface area contributed by atoms with Gasteiger partial charge in [-0.15, -0.1) is 0 Å². The number of carboxylic acid groups (broad SMARTS) is 3. The van der Waals surface area contributed by atoms with Gasteiger partial charge in [-0.3, -0.25) is 0 Å². The van der Waals surface area contributed by atoms with Gasteiger partial charge in [0.1, 0.15) is 0 Å². The van der Waals surface area contributed by atoms with Gasteiger partial charge in [-0.1, -0.05) is 0 Å². The largest absolute Gasteiger partial charge is 3.00 e. The summed E-state index contributed by atoms with van der Waals surface area (Å²) in [6.45, 7) is -1.17. The van der Waals surface area contributed by atoms with Gasteiger partial charge in [0.2, 0.25) is 0 Å². The zero-order valence-electron chi connectivity index (χ0n) is 11.3. The number of nitrogens with two attached hydrogens (primary N) is 3. The van der Waals surface area contributed by atoms with Crippen LogP contribution in [0.25, 0.3) is 0 Å². The Hall–Kier alpha value is 0.105. The van der Waals surface area contributed by atoms with Gasteiger partial charge in [0.05, 0.1) is 17.9 Å². The molecule has 12 nitrogen and oxygen atoms in total. The number of aliphatic carboxylic acids is 3. The van der Waals surface area contributed by atoms with Crippen molar-refractivity contribution in [2.45, 2.75) is 0 Å². The van der Waals surface area contributed by atoms with Crippen molar-refractivity contribution in [2.75, 3.05) is 19.6 Å². The van der Waals surface area contributed by atoms with Gasteiger partial charge in [0, 0.05) is 19.6 Å². The van der Waals surface area contributed by atoms with Crippen LogP contribution in [-0.4, -0.2) is 72.3 Å².